The summed E-state index contributed by atoms with van der Waals surface area (Å²) in [7, 11) is 0. The molecule has 2 aliphatic rings. The Kier molecular flexibility index (Phi) is 4.01. The number of hydrogen-bond donors (Lipinski definition) is 2. The van der Waals surface area contributed by atoms with E-state index in [1.807, 2.05) is 30.3 Å². The van der Waals surface area contributed by atoms with E-state index in [0.717, 1.165) is 44.1 Å². The van der Waals surface area contributed by atoms with Crippen LogP contribution in [-0.2, 0) is 5.41 Å². The highest BCUT2D eigenvalue weighted by Crippen LogP contribution is 2.43. The second kappa shape index (κ2) is 5.79. The van der Waals surface area contributed by atoms with Gasteiger partial charge in [0.25, 0.3) is 0 Å². The van der Waals surface area contributed by atoms with Gasteiger partial charge in [0.05, 0.1) is 17.1 Å². The molecule has 0 saturated heterocycles. The predicted molar refractivity (Wildman–Crippen MR) is 82.8 cm³/mol. The van der Waals surface area contributed by atoms with Crippen molar-refractivity contribution < 1.29 is 5.11 Å². The summed E-state index contributed by atoms with van der Waals surface area (Å²) in [5.74, 6) is 0. The van der Waals surface area contributed by atoms with Crippen molar-refractivity contribution in [3.63, 3.8) is 0 Å². The number of nitrogens with zero attached hydrogens (tertiary/aromatic N) is 1. The van der Waals surface area contributed by atoms with Crippen LogP contribution in [-0.4, -0.2) is 23.3 Å². The first kappa shape index (κ1) is 14.6. The highest BCUT2D eigenvalue weighted by Gasteiger charge is 2.46. The molecule has 1 aromatic rings. The van der Waals surface area contributed by atoms with Crippen LogP contribution in [0.2, 0.25) is 0 Å². The van der Waals surface area contributed by atoms with Crippen LogP contribution in [0.15, 0.2) is 30.3 Å². The van der Waals surface area contributed by atoms with Crippen molar-refractivity contribution >= 4 is 0 Å². The highest BCUT2D eigenvalue weighted by molar-refractivity contribution is 5.36. The average Bonchev–Trinajstić information content (AvgIpc) is 2.48. The van der Waals surface area contributed by atoms with Crippen LogP contribution in [0.5, 0.6) is 0 Å². The summed E-state index contributed by atoms with van der Waals surface area (Å²) in [5, 5.41) is 23.6. The Hall–Kier alpha value is -1.37. The van der Waals surface area contributed by atoms with Gasteiger partial charge in [-0.25, -0.2) is 0 Å². The van der Waals surface area contributed by atoms with Crippen LogP contribution in [0.25, 0.3) is 0 Å². The zero-order valence-corrected chi connectivity index (χ0v) is 12.5. The fourth-order valence-electron chi connectivity index (χ4n) is 3.80. The van der Waals surface area contributed by atoms with E-state index in [-0.39, 0.29) is 5.41 Å². The van der Waals surface area contributed by atoms with Crippen LogP contribution in [0, 0.1) is 11.3 Å². The average molecular weight is 284 g/mol. The smallest absolute Gasteiger partial charge is 0.0852 e. The first-order valence-corrected chi connectivity index (χ1v) is 8.08. The number of benzene rings is 1. The molecule has 2 saturated carbocycles. The van der Waals surface area contributed by atoms with Gasteiger partial charge in [0.2, 0.25) is 0 Å². The minimum atomic E-state index is -0.518. The normalized spacial score (nSPS) is 31.1. The molecule has 0 amide bonds. The Balaban J connectivity index is 1.54. The lowest BCUT2D eigenvalue weighted by Crippen LogP contribution is -2.54. The van der Waals surface area contributed by atoms with Crippen LogP contribution in [0.1, 0.15) is 50.5 Å². The lowest BCUT2D eigenvalue weighted by atomic mass is 9.62. The van der Waals surface area contributed by atoms with Crippen molar-refractivity contribution in [2.45, 2.75) is 62.0 Å². The molecule has 3 heteroatoms. The minimum Gasteiger partial charge on any atom is -0.389 e. The molecule has 0 unspecified atom stereocenters. The summed E-state index contributed by atoms with van der Waals surface area (Å²) in [6, 6.07) is 13.0. The van der Waals surface area contributed by atoms with Gasteiger partial charge in [-0.15, -0.1) is 0 Å². The first-order valence-electron chi connectivity index (χ1n) is 8.08. The predicted octanol–water partition coefficient (Wildman–Crippen LogP) is 2.90. The maximum absolute atomic E-state index is 10.5. The third kappa shape index (κ3) is 2.97. The highest BCUT2D eigenvalue weighted by atomic mass is 16.3. The second-order valence-electron chi connectivity index (χ2n) is 6.83. The van der Waals surface area contributed by atoms with Crippen LogP contribution < -0.4 is 5.32 Å². The monoisotopic (exact) mass is 284 g/mol. The zero-order valence-electron chi connectivity index (χ0n) is 12.5. The summed E-state index contributed by atoms with van der Waals surface area (Å²) in [5.41, 5.74) is 0.284. The molecular weight excluding hydrogens is 260 g/mol. The van der Waals surface area contributed by atoms with Crippen molar-refractivity contribution in [1.29, 1.82) is 5.26 Å². The van der Waals surface area contributed by atoms with Crippen LogP contribution in [0.3, 0.4) is 0 Å². The third-order valence-electron chi connectivity index (χ3n) is 5.23. The largest absolute Gasteiger partial charge is 0.389 e. The zero-order chi connectivity index (χ0) is 14.8. The number of hydrogen-bond acceptors (Lipinski definition) is 3. The van der Waals surface area contributed by atoms with Gasteiger partial charge in [0.15, 0.2) is 0 Å². The molecule has 0 atom stereocenters. The summed E-state index contributed by atoms with van der Waals surface area (Å²) in [6.07, 6.45) is 7.04. The molecule has 0 aliphatic heterocycles. The van der Waals surface area contributed by atoms with E-state index >= 15 is 0 Å². The van der Waals surface area contributed by atoms with Crippen molar-refractivity contribution in [2.75, 3.05) is 6.54 Å². The van der Waals surface area contributed by atoms with Gasteiger partial charge in [-0.05, 0) is 31.2 Å². The Morgan fingerprint density at radius 2 is 1.81 bits per heavy atom. The van der Waals surface area contributed by atoms with E-state index in [2.05, 4.69) is 11.4 Å². The molecule has 0 spiro atoms. The Bertz CT molecular complexity index is 508. The quantitative estimate of drug-likeness (QED) is 0.894. The molecular formula is C18H24N2O. The molecule has 0 aromatic heterocycles. The molecule has 0 radical (unpaired) electrons. The van der Waals surface area contributed by atoms with E-state index < -0.39 is 5.60 Å². The summed E-state index contributed by atoms with van der Waals surface area (Å²) >= 11 is 0. The minimum absolute atomic E-state index is 0.325. The SMILES string of the molecule is N#CC1(c2ccccc2)CC(NCC2(O)CCCCC2)C1. The summed E-state index contributed by atoms with van der Waals surface area (Å²) in [4.78, 5) is 0. The topological polar surface area (TPSA) is 56.0 Å². The van der Waals surface area contributed by atoms with Gasteiger partial charge in [0, 0.05) is 12.6 Å². The molecule has 2 fully saturated rings. The van der Waals surface area contributed by atoms with E-state index in [9.17, 15) is 10.4 Å². The van der Waals surface area contributed by atoms with Crippen LogP contribution >= 0.6 is 0 Å². The van der Waals surface area contributed by atoms with Crippen molar-refractivity contribution in [3.8, 4) is 6.07 Å². The molecule has 1 aromatic carbocycles. The number of aliphatic hydroxyl groups is 1. The van der Waals surface area contributed by atoms with Gasteiger partial charge < -0.3 is 10.4 Å². The maximum atomic E-state index is 10.5. The summed E-state index contributed by atoms with van der Waals surface area (Å²) < 4.78 is 0. The third-order valence-corrected chi connectivity index (χ3v) is 5.23. The Morgan fingerprint density at radius 1 is 1.14 bits per heavy atom. The van der Waals surface area contributed by atoms with E-state index in [0.29, 0.717) is 12.6 Å². The van der Waals surface area contributed by atoms with E-state index in [4.69, 9.17) is 0 Å². The summed E-state index contributed by atoms with van der Waals surface area (Å²) in [6.45, 7) is 0.675. The number of nitrogens with one attached hydrogen (secondary N) is 1. The van der Waals surface area contributed by atoms with E-state index in [1.165, 1.54) is 6.42 Å². The van der Waals surface area contributed by atoms with Gasteiger partial charge in [-0.3, -0.25) is 0 Å². The van der Waals surface area contributed by atoms with Gasteiger partial charge in [0.1, 0.15) is 0 Å². The molecule has 3 rings (SSSR count). The number of nitriles is 1. The first-order chi connectivity index (χ1) is 10.2. The van der Waals surface area contributed by atoms with Gasteiger partial charge >= 0.3 is 0 Å². The molecule has 112 valence electrons. The fourth-order valence-corrected chi connectivity index (χ4v) is 3.80. The standard InChI is InChI=1S/C18H24N2O/c19-13-17(15-7-3-1-4-8-15)11-16(12-17)20-14-18(21)9-5-2-6-10-18/h1,3-4,7-8,16,20-21H,2,5-6,9-12,14H2. The fraction of sp³-hybridized carbons (Fsp3) is 0.611. The van der Waals surface area contributed by atoms with Crippen molar-refractivity contribution in [3.05, 3.63) is 35.9 Å². The van der Waals surface area contributed by atoms with Crippen LogP contribution in [0.4, 0.5) is 0 Å². The maximum Gasteiger partial charge on any atom is 0.0852 e. The lowest BCUT2D eigenvalue weighted by molar-refractivity contribution is -0.00167. The molecule has 21 heavy (non-hydrogen) atoms. The molecule has 2 aliphatic carbocycles. The van der Waals surface area contributed by atoms with Gasteiger partial charge in [-0.1, -0.05) is 49.6 Å². The molecule has 2 N–H and O–H groups in total. The second-order valence-corrected chi connectivity index (χ2v) is 6.83. The van der Waals surface area contributed by atoms with Gasteiger partial charge in [-0.2, -0.15) is 5.26 Å². The van der Waals surface area contributed by atoms with Crippen molar-refractivity contribution in [1.82, 2.24) is 5.32 Å². The number of rotatable bonds is 4. The lowest BCUT2D eigenvalue weighted by Gasteiger charge is -2.45. The molecule has 0 heterocycles. The van der Waals surface area contributed by atoms with Crippen molar-refractivity contribution in [2.24, 2.45) is 0 Å². The molecule has 0 bridgehead atoms. The Morgan fingerprint density at radius 3 is 2.43 bits per heavy atom. The molecule has 3 nitrogen and oxygen atoms in total. The van der Waals surface area contributed by atoms with E-state index in [1.54, 1.807) is 0 Å². The Labute approximate surface area is 127 Å².